The Kier molecular flexibility index (Phi) is 3.38. The van der Waals surface area contributed by atoms with Crippen LogP contribution in [0.5, 0.6) is 5.75 Å². The van der Waals surface area contributed by atoms with Gasteiger partial charge in [-0.3, -0.25) is 0 Å². The van der Waals surface area contributed by atoms with Gasteiger partial charge in [-0.1, -0.05) is 29.8 Å². The number of nitrogen functional groups attached to an aromatic ring is 1. The molecule has 19 heavy (non-hydrogen) atoms. The van der Waals surface area contributed by atoms with Crippen molar-refractivity contribution in [2.24, 2.45) is 0 Å². The van der Waals surface area contributed by atoms with Gasteiger partial charge in [0.15, 0.2) is 0 Å². The number of hydrogen-bond donors (Lipinski definition) is 1. The lowest BCUT2D eigenvalue weighted by molar-refractivity contribution is -0.274. The minimum Gasteiger partial charge on any atom is -0.405 e. The molecule has 0 heterocycles. The molecule has 0 radical (unpaired) electrons. The second-order valence-electron chi connectivity index (χ2n) is 4.17. The van der Waals surface area contributed by atoms with Crippen LogP contribution in [0.15, 0.2) is 42.5 Å². The van der Waals surface area contributed by atoms with Crippen LogP contribution in [0.25, 0.3) is 11.1 Å². The van der Waals surface area contributed by atoms with Crippen LogP contribution in [-0.2, 0) is 0 Å². The number of alkyl halides is 3. The summed E-state index contributed by atoms with van der Waals surface area (Å²) in [6.45, 7) is 1.90. The van der Waals surface area contributed by atoms with E-state index in [-0.39, 0.29) is 5.75 Å². The highest BCUT2D eigenvalue weighted by molar-refractivity contribution is 5.74. The second-order valence-corrected chi connectivity index (χ2v) is 4.17. The number of ether oxygens (including phenoxy) is 1. The maximum absolute atomic E-state index is 12.3. The van der Waals surface area contributed by atoms with Gasteiger partial charge in [-0.05, 0) is 30.7 Å². The predicted molar refractivity (Wildman–Crippen MR) is 67.7 cm³/mol. The summed E-state index contributed by atoms with van der Waals surface area (Å²) in [6.07, 6.45) is -4.73. The average Bonchev–Trinajstić information content (AvgIpc) is 2.31. The number of halogens is 3. The zero-order valence-corrected chi connectivity index (χ0v) is 10.2. The van der Waals surface area contributed by atoms with Gasteiger partial charge >= 0.3 is 6.36 Å². The van der Waals surface area contributed by atoms with E-state index in [1.54, 1.807) is 12.1 Å². The molecule has 0 atom stereocenters. The Morgan fingerprint density at radius 1 is 1.00 bits per heavy atom. The second kappa shape index (κ2) is 4.84. The first-order valence-corrected chi connectivity index (χ1v) is 5.57. The highest BCUT2D eigenvalue weighted by Crippen LogP contribution is 2.35. The monoisotopic (exact) mass is 267 g/mol. The van der Waals surface area contributed by atoms with Crippen LogP contribution in [0, 0.1) is 6.92 Å². The summed E-state index contributed by atoms with van der Waals surface area (Å²) >= 11 is 0. The molecule has 0 unspecified atom stereocenters. The van der Waals surface area contributed by atoms with E-state index in [4.69, 9.17) is 5.73 Å². The van der Waals surface area contributed by atoms with E-state index in [9.17, 15) is 13.2 Å². The molecular weight excluding hydrogens is 255 g/mol. The van der Waals surface area contributed by atoms with Crippen molar-refractivity contribution >= 4 is 5.69 Å². The maximum Gasteiger partial charge on any atom is 0.573 e. The number of anilines is 1. The third kappa shape index (κ3) is 3.40. The molecule has 0 aliphatic carbocycles. The number of aryl methyl sites for hydroxylation is 1. The summed E-state index contributed by atoms with van der Waals surface area (Å²) in [5.41, 5.74) is 7.96. The fourth-order valence-corrected chi connectivity index (χ4v) is 1.72. The normalized spacial score (nSPS) is 11.4. The summed E-state index contributed by atoms with van der Waals surface area (Å²) in [7, 11) is 0. The molecule has 2 aromatic rings. The van der Waals surface area contributed by atoms with Gasteiger partial charge in [0.05, 0.1) is 0 Å². The molecule has 0 aliphatic rings. The van der Waals surface area contributed by atoms with Crippen LogP contribution >= 0.6 is 0 Å². The van der Waals surface area contributed by atoms with Gasteiger partial charge in [-0.25, -0.2) is 0 Å². The van der Waals surface area contributed by atoms with Crippen molar-refractivity contribution in [3.05, 3.63) is 48.0 Å². The Balaban J connectivity index is 2.48. The Labute approximate surface area is 108 Å². The zero-order chi connectivity index (χ0) is 14.0. The van der Waals surface area contributed by atoms with Gasteiger partial charge in [0, 0.05) is 11.3 Å². The smallest absolute Gasteiger partial charge is 0.405 e. The summed E-state index contributed by atoms with van der Waals surface area (Å²) < 4.78 is 41.1. The van der Waals surface area contributed by atoms with Crippen LogP contribution in [0.4, 0.5) is 18.9 Å². The first-order valence-electron chi connectivity index (χ1n) is 5.57. The average molecular weight is 267 g/mol. The minimum absolute atomic E-state index is 0.259. The zero-order valence-electron chi connectivity index (χ0n) is 10.2. The van der Waals surface area contributed by atoms with E-state index in [1.165, 1.54) is 18.2 Å². The Hall–Kier alpha value is -2.17. The van der Waals surface area contributed by atoms with Crippen molar-refractivity contribution in [2.45, 2.75) is 13.3 Å². The fourth-order valence-electron chi connectivity index (χ4n) is 1.72. The molecular formula is C14H12F3NO. The predicted octanol–water partition coefficient (Wildman–Crippen LogP) is 4.14. The van der Waals surface area contributed by atoms with Gasteiger partial charge in [-0.2, -0.15) is 0 Å². The van der Waals surface area contributed by atoms with Crippen LogP contribution in [0.1, 0.15) is 5.56 Å². The first kappa shape index (κ1) is 13.3. The molecule has 5 heteroatoms. The van der Waals surface area contributed by atoms with Crippen LogP contribution < -0.4 is 10.5 Å². The highest BCUT2D eigenvalue weighted by Gasteiger charge is 2.32. The molecule has 2 nitrogen and oxygen atoms in total. The Morgan fingerprint density at radius 2 is 1.63 bits per heavy atom. The SMILES string of the molecule is Cc1ccc(-c2cc(N)ccc2OC(F)(F)F)cc1. The van der Waals surface area contributed by atoms with E-state index >= 15 is 0 Å². The lowest BCUT2D eigenvalue weighted by atomic mass is 10.0. The maximum atomic E-state index is 12.3. The fraction of sp³-hybridized carbons (Fsp3) is 0.143. The van der Waals surface area contributed by atoms with Crippen molar-refractivity contribution in [3.8, 4) is 16.9 Å². The molecule has 0 fully saturated rings. The topological polar surface area (TPSA) is 35.2 Å². The van der Waals surface area contributed by atoms with Gasteiger partial charge in [0.25, 0.3) is 0 Å². The van der Waals surface area contributed by atoms with Crippen molar-refractivity contribution < 1.29 is 17.9 Å². The summed E-state index contributed by atoms with van der Waals surface area (Å²) in [4.78, 5) is 0. The Morgan fingerprint density at radius 3 is 2.21 bits per heavy atom. The van der Waals surface area contributed by atoms with Crippen molar-refractivity contribution in [1.82, 2.24) is 0 Å². The summed E-state index contributed by atoms with van der Waals surface area (Å²) in [5.74, 6) is -0.259. The third-order valence-electron chi connectivity index (χ3n) is 2.59. The molecule has 100 valence electrons. The summed E-state index contributed by atoms with van der Waals surface area (Å²) in [6, 6.07) is 11.1. The van der Waals surface area contributed by atoms with E-state index in [0.717, 1.165) is 5.56 Å². The largest absolute Gasteiger partial charge is 0.573 e. The first-order chi connectivity index (χ1) is 8.85. The lowest BCUT2D eigenvalue weighted by Crippen LogP contribution is -2.17. The van der Waals surface area contributed by atoms with Gasteiger partial charge in [0.2, 0.25) is 0 Å². The minimum atomic E-state index is -4.73. The number of hydrogen-bond acceptors (Lipinski definition) is 2. The molecule has 0 amide bonds. The van der Waals surface area contributed by atoms with E-state index < -0.39 is 6.36 Å². The van der Waals surface area contributed by atoms with Gasteiger partial charge in [-0.15, -0.1) is 13.2 Å². The van der Waals surface area contributed by atoms with Crippen molar-refractivity contribution in [2.75, 3.05) is 5.73 Å². The van der Waals surface area contributed by atoms with E-state index in [0.29, 0.717) is 16.8 Å². The van der Waals surface area contributed by atoms with Crippen LogP contribution in [0.3, 0.4) is 0 Å². The molecule has 0 aromatic heterocycles. The van der Waals surface area contributed by atoms with Gasteiger partial charge < -0.3 is 10.5 Å². The molecule has 2 aromatic carbocycles. The third-order valence-corrected chi connectivity index (χ3v) is 2.59. The number of nitrogens with two attached hydrogens (primary N) is 1. The molecule has 0 spiro atoms. The molecule has 0 saturated heterocycles. The molecule has 0 saturated carbocycles. The summed E-state index contributed by atoms with van der Waals surface area (Å²) in [5, 5.41) is 0. The standard InChI is InChI=1S/C14H12F3NO/c1-9-2-4-10(5-3-9)12-8-11(18)6-7-13(12)19-14(15,16)17/h2-8H,18H2,1H3. The van der Waals surface area contributed by atoms with E-state index in [2.05, 4.69) is 4.74 Å². The van der Waals surface area contributed by atoms with Crippen molar-refractivity contribution in [3.63, 3.8) is 0 Å². The molecule has 0 bridgehead atoms. The van der Waals surface area contributed by atoms with Crippen molar-refractivity contribution in [1.29, 1.82) is 0 Å². The van der Waals surface area contributed by atoms with Gasteiger partial charge in [0.1, 0.15) is 5.75 Å². The van der Waals surface area contributed by atoms with Crippen LogP contribution in [0.2, 0.25) is 0 Å². The van der Waals surface area contributed by atoms with Crippen LogP contribution in [-0.4, -0.2) is 6.36 Å². The molecule has 2 rings (SSSR count). The van der Waals surface area contributed by atoms with E-state index in [1.807, 2.05) is 19.1 Å². The molecule has 2 N–H and O–H groups in total. The highest BCUT2D eigenvalue weighted by atomic mass is 19.4. The number of benzene rings is 2. The molecule has 0 aliphatic heterocycles. The number of rotatable bonds is 2. The Bertz CT molecular complexity index is 576. The quantitative estimate of drug-likeness (QED) is 0.830. The lowest BCUT2D eigenvalue weighted by Gasteiger charge is -2.14.